The Morgan fingerprint density at radius 1 is 1.45 bits per heavy atom. The summed E-state index contributed by atoms with van der Waals surface area (Å²) >= 11 is 0. The van der Waals surface area contributed by atoms with Gasteiger partial charge in [0.05, 0.1) is 5.70 Å². The van der Waals surface area contributed by atoms with Crippen LogP contribution in [0.1, 0.15) is 0 Å². The minimum absolute atomic E-state index is 0.0718. The second kappa shape index (κ2) is 3.34. The summed E-state index contributed by atoms with van der Waals surface area (Å²) in [5.74, 6) is 0. The summed E-state index contributed by atoms with van der Waals surface area (Å²) < 4.78 is 23.7. The van der Waals surface area contributed by atoms with Gasteiger partial charge in [0.25, 0.3) is 6.43 Å². The van der Waals surface area contributed by atoms with Crippen molar-refractivity contribution in [3.8, 4) is 0 Å². The predicted molar refractivity (Wildman–Crippen MR) is 35.5 cm³/mol. The lowest BCUT2D eigenvalue weighted by Crippen LogP contribution is -2.37. The lowest BCUT2D eigenvalue weighted by atomic mass is 10.2. The summed E-state index contributed by atoms with van der Waals surface area (Å²) in [5.41, 5.74) is 4.94. The maximum atomic E-state index is 11.8. The molecule has 62 valence electrons. The van der Waals surface area contributed by atoms with Gasteiger partial charge in [-0.3, -0.25) is 0 Å². The Morgan fingerprint density at radius 3 is 2.64 bits per heavy atom. The fourth-order valence-electron chi connectivity index (χ4n) is 0.675. The van der Waals surface area contributed by atoms with E-state index in [1.54, 1.807) is 0 Å². The third-order valence-electron chi connectivity index (χ3n) is 1.23. The highest BCUT2D eigenvalue weighted by Crippen LogP contribution is 2.09. The Bertz CT molecular complexity index is 191. The summed E-state index contributed by atoms with van der Waals surface area (Å²) in [6.07, 6.45) is -0.0681. The molecule has 0 saturated carbocycles. The molecule has 0 aromatic carbocycles. The van der Waals surface area contributed by atoms with Gasteiger partial charge < -0.3 is 16.0 Å². The van der Waals surface area contributed by atoms with E-state index in [4.69, 9.17) is 5.11 Å². The standard InChI is InChI=1S/C6H8F2N2O/c7-6(8)5(11)4-2-1-3-9-10-4/h1-3,5-6,9-11H. The minimum atomic E-state index is -2.76. The highest BCUT2D eigenvalue weighted by molar-refractivity contribution is 5.17. The van der Waals surface area contributed by atoms with Crippen molar-refractivity contribution in [1.29, 1.82) is 0 Å². The number of nitrogens with one attached hydrogen (secondary N) is 2. The zero-order valence-corrected chi connectivity index (χ0v) is 5.59. The molecule has 1 unspecified atom stereocenters. The monoisotopic (exact) mass is 162 g/mol. The smallest absolute Gasteiger partial charge is 0.269 e. The zero-order valence-electron chi connectivity index (χ0n) is 5.59. The molecule has 0 aliphatic carbocycles. The molecule has 3 nitrogen and oxygen atoms in total. The molecule has 0 aromatic rings. The molecule has 0 bridgehead atoms. The van der Waals surface area contributed by atoms with Crippen molar-refractivity contribution in [1.82, 2.24) is 10.9 Å². The van der Waals surface area contributed by atoms with Gasteiger partial charge in [-0.25, -0.2) is 8.78 Å². The summed E-state index contributed by atoms with van der Waals surface area (Å²) in [5, 5.41) is 8.80. The molecule has 0 saturated heterocycles. The van der Waals surface area contributed by atoms with Gasteiger partial charge in [-0.2, -0.15) is 0 Å². The van der Waals surface area contributed by atoms with Crippen molar-refractivity contribution >= 4 is 0 Å². The molecule has 1 atom stereocenters. The van der Waals surface area contributed by atoms with Gasteiger partial charge in [0.1, 0.15) is 0 Å². The molecule has 0 aromatic heterocycles. The van der Waals surface area contributed by atoms with Crippen molar-refractivity contribution in [2.45, 2.75) is 12.5 Å². The maximum Gasteiger partial charge on any atom is 0.269 e. The summed E-state index contributed by atoms with van der Waals surface area (Å²) in [6, 6.07) is 0. The summed E-state index contributed by atoms with van der Waals surface area (Å²) in [7, 11) is 0. The molecular formula is C6H8F2N2O. The Hall–Kier alpha value is -1.10. The van der Waals surface area contributed by atoms with Crippen LogP contribution in [0.2, 0.25) is 0 Å². The van der Waals surface area contributed by atoms with Crippen LogP contribution in [0.5, 0.6) is 0 Å². The first kappa shape index (κ1) is 8.00. The van der Waals surface area contributed by atoms with Crippen LogP contribution in [0.25, 0.3) is 0 Å². The van der Waals surface area contributed by atoms with Crippen LogP contribution in [-0.4, -0.2) is 17.6 Å². The zero-order chi connectivity index (χ0) is 8.27. The van der Waals surface area contributed by atoms with Gasteiger partial charge in [-0.05, 0) is 12.2 Å². The van der Waals surface area contributed by atoms with Gasteiger partial charge in [0.15, 0.2) is 6.10 Å². The lowest BCUT2D eigenvalue weighted by molar-refractivity contribution is 0.0129. The van der Waals surface area contributed by atoms with E-state index in [0.29, 0.717) is 0 Å². The van der Waals surface area contributed by atoms with Crippen molar-refractivity contribution in [3.05, 3.63) is 24.0 Å². The number of hydrogen-bond acceptors (Lipinski definition) is 3. The van der Waals surface area contributed by atoms with Crippen LogP contribution in [0, 0.1) is 0 Å². The van der Waals surface area contributed by atoms with E-state index in [1.807, 2.05) is 0 Å². The van der Waals surface area contributed by atoms with E-state index >= 15 is 0 Å². The van der Waals surface area contributed by atoms with Crippen molar-refractivity contribution in [2.75, 3.05) is 0 Å². The molecular weight excluding hydrogens is 154 g/mol. The largest absolute Gasteiger partial charge is 0.381 e. The number of hydrogen-bond donors (Lipinski definition) is 3. The van der Waals surface area contributed by atoms with Crippen LogP contribution in [0.15, 0.2) is 24.0 Å². The van der Waals surface area contributed by atoms with Gasteiger partial charge in [-0.1, -0.05) is 0 Å². The molecule has 5 heteroatoms. The van der Waals surface area contributed by atoms with Crippen molar-refractivity contribution in [3.63, 3.8) is 0 Å². The molecule has 1 aliphatic rings. The van der Waals surface area contributed by atoms with Crippen molar-refractivity contribution < 1.29 is 13.9 Å². The van der Waals surface area contributed by atoms with Gasteiger partial charge in [-0.15, -0.1) is 0 Å². The van der Waals surface area contributed by atoms with Gasteiger partial charge >= 0.3 is 0 Å². The van der Waals surface area contributed by atoms with E-state index < -0.39 is 12.5 Å². The SMILES string of the molecule is OC(C1=CC=CNN1)C(F)F. The molecule has 0 spiro atoms. The molecule has 0 fully saturated rings. The van der Waals surface area contributed by atoms with Crippen LogP contribution >= 0.6 is 0 Å². The molecule has 3 N–H and O–H groups in total. The molecule has 1 aliphatic heterocycles. The van der Waals surface area contributed by atoms with E-state index in [-0.39, 0.29) is 5.70 Å². The first-order valence-corrected chi connectivity index (χ1v) is 3.06. The summed E-state index contributed by atoms with van der Waals surface area (Å²) in [4.78, 5) is 0. The van der Waals surface area contributed by atoms with Crippen LogP contribution in [0.4, 0.5) is 8.78 Å². The fourth-order valence-corrected chi connectivity index (χ4v) is 0.675. The normalized spacial score (nSPS) is 18.7. The molecule has 0 radical (unpaired) electrons. The Morgan fingerprint density at radius 2 is 2.18 bits per heavy atom. The van der Waals surface area contributed by atoms with Crippen LogP contribution in [-0.2, 0) is 0 Å². The highest BCUT2D eigenvalue weighted by atomic mass is 19.3. The lowest BCUT2D eigenvalue weighted by Gasteiger charge is -2.17. The summed E-state index contributed by atoms with van der Waals surface area (Å²) in [6.45, 7) is 0. The number of hydrazine groups is 1. The van der Waals surface area contributed by atoms with E-state index in [9.17, 15) is 8.78 Å². The average molecular weight is 162 g/mol. The number of aliphatic hydroxyl groups is 1. The van der Waals surface area contributed by atoms with Gasteiger partial charge in [0, 0.05) is 6.20 Å². The number of rotatable bonds is 2. The topological polar surface area (TPSA) is 44.3 Å². The first-order chi connectivity index (χ1) is 5.22. The van der Waals surface area contributed by atoms with Crippen molar-refractivity contribution in [2.24, 2.45) is 0 Å². The Labute approximate surface area is 62.4 Å². The number of allylic oxidation sites excluding steroid dienone is 2. The molecule has 0 amide bonds. The third-order valence-corrected chi connectivity index (χ3v) is 1.23. The fraction of sp³-hybridized carbons (Fsp3) is 0.333. The minimum Gasteiger partial charge on any atom is -0.381 e. The molecule has 1 heterocycles. The predicted octanol–water partition coefficient (Wildman–Crippen LogP) is 0.118. The maximum absolute atomic E-state index is 11.8. The third kappa shape index (κ3) is 1.91. The van der Waals surface area contributed by atoms with E-state index in [2.05, 4.69) is 10.9 Å². The second-order valence-corrected chi connectivity index (χ2v) is 2.03. The first-order valence-electron chi connectivity index (χ1n) is 3.06. The average Bonchev–Trinajstić information content (AvgIpc) is 2.05. The van der Waals surface area contributed by atoms with Crippen LogP contribution in [0.3, 0.4) is 0 Å². The Kier molecular flexibility index (Phi) is 2.43. The Balaban J connectivity index is 2.58. The second-order valence-electron chi connectivity index (χ2n) is 2.03. The number of aliphatic hydroxyl groups excluding tert-OH is 1. The highest BCUT2D eigenvalue weighted by Gasteiger charge is 2.21. The van der Waals surface area contributed by atoms with E-state index in [0.717, 1.165) is 0 Å². The quantitative estimate of drug-likeness (QED) is 0.540. The van der Waals surface area contributed by atoms with Gasteiger partial charge in [0.2, 0.25) is 0 Å². The molecule has 11 heavy (non-hydrogen) atoms. The van der Waals surface area contributed by atoms with Crippen LogP contribution < -0.4 is 10.9 Å². The number of alkyl halides is 2. The number of halogens is 2. The van der Waals surface area contributed by atoms with E-state index in [1.165, 1.54) is 18.4 Å². The molecule has 1 rings (SSSR count).